The van der Waals surface area contributed by atoms with E-state index in [1.54, 1.807) is 43.5 Å². The van der Waals surface area contributed by atoms with Gasteiger partial charge >= 0.3 is 0 Å². The summed E-state index contributed by atoms with van der Waals surface area (Å²) in [6.45, 7) is 6.66. The maximum atomic E-state index is 15.0. The average Bonchev–Trinajstić information content (AvgIpc) is 3.36. The predicted octanol–water partition coefficient (Wildman–Crippen LogP) is 9.53. The summed E-state index contributed by atoms with van der Waals surface area (Å²) in [5, 5.41) is 36.4. The first-order valence-electron chi connectivity index (χ1n) is 23.8. The second-order valence-electron chi connectivity index (χ2n) is 17.7. The SMILES string of the molecule is C=CCOC12Oc3ccc(Oc4ccc(OC)c(C=O)c4)cc3C3C(CCCCO)C(CCCCO)C=C(C(=NOCc4ccc([N+](=O)[O-])cc4)CC1N(CCC)C(=O)Cc1cccc(OC)c1)C32. The Hall–Kier alpha value is -6.55. The minimum Gasteiger partial charge on any atom is -0.497 e. The van der Waals surface area contributed by atoms with Crippen molar-refractivity contribution in [2.24, 2.45) is 22.9 Å². The Kier molecular flexibility index (Phi) is 17.2. The van der Waals surface area contributed by atoms with Crippen LogP contribution in [0, 0.1) is 27.9 Å². The molecule has 2 N–H and O–H groups in total. The number of carbonyl (C=O) groups excluding carboxylic acids is 2. The minimum atomic E-state index is -1.48. The molecule has 0 bridgehead atoms. The number of hydrogen-bond donors (Lipinski definition) is 2. The third-order valence-electron chi connectivity index (χ3n) is 13.4. The Morgan fingerprint density at radius 3 is 2.39 bits per heavy atom. The molecule has 69 heavy (non-hydrogen) atoms. The van der Waals surface area contributed by atoms with E-state index >= 15 is 4.79 Å². The fourth-order valence-electron chi connectivity index (χ4n) is 10.4. The van der Waals surface area contributed by atoms with E-state index in [0.29, 0.717) is 71.4 Å². The van der Waals surface area contributed by atoms with Gasteiger partial charge in [-0.2, -0.15) is 0 Å². The molecule has 2 aliphatic carbocycles. The van der Waals surface area contributed by atoms with Crippen LogP contribution in [0.3, 0.4) is 0 Å². The molecule has 1 saturated carbocycles. The third kappa shape index (κ3) is 11.3. The fraction of sp³-hybridized carbons (Fsp3) is 0.426. The van der Waals surface area contributed by atoms with Gasteiger partial charge in [0.15, 0.2) is 6.29 Å². The fourth-order valence-corrected chi connectivity index (χ4v) is 10.4. The number of benzene rings is 4. The van der Waals surface area contributed by atoms with Crippen molar-refractivity contribution in [3.63, 3.8) is 0 Å². The van der Waals surface area contributed by atoms with Gasteiger partial charge in [0.25, 0.3) is 5.69 Å². The van der Waals surface area contributed by atoms with Gasteiger partial charge in [-0.05, 0) is 121 Å². The van der Waals surface area contributed by atoms with Crippen LogP contribution in [-0.4, -0.2) is 90.4 Å². The molecule has 1 fully saturated rings. The van der Waals surface area contributed by atoms with E-state index in [2.05, 4.69) is 12.7 Å². The molecular weight excluding hydrogens is 883 g/mol. The zero-order chi connectivity index (χ0) is 48.9. The van der Waals surface area contributed by atoms with Crippen molar-refractivity contribution in [1.29, 1.82) is 0 Å². The van der Waals surface area contributed by atoms with E-state index in [1.165, 1.54) is 19.2 Å². The lowest BCUT2D eigenvalue weighted by atomic mass is 9.55. The van der Waals surface area contributed by atoms with Crippen LogP contribution in [0.15, 0.2) is 114 Å². The van der Waals surface area contributed by atoms with Crippen LogP contribution < -0.4 is 18.9 Å². The number of nitrogens with zero attached hydrogens (tertiary/aromatic N) is 3. The highest BCUT2D eigenvalue weighted by Crippen LogP contribution is 2.62. The molecule has 366 valence electrons. The number of hydrogen-bond acceptors (Lipinski definition) is 13. The van der Waals surface area contributed by atoms with Gasteiger partial charge in [-0.15, -0.1) is 6.58 Å². The maximum absolute atomic E-state index is 15.0. The molecule has 4 aromatic rings. The zero-order valence-corrected chi connectivity index (χ0v) is 39.6. The second-order valence-corrected chi connectivity index (χ2v) is 17.7. The number of rotatable bonds is 25. The number of fused-ring (bicyclic) bond motifs is 2. The largest absolute Gasteiger partial charge is 0.497 e. The quantitative estimate of drug-likeness (QED) is 0.0211. The molecule has 6 atom stereocenters. The van der Waals surface area contributed by atoms with Gasteiger partial charge in [-0.3, -0.25) is 19.7 Å². The van der Waals surface area contributed by atoms with Crippen LogP contribution in [0.5, 0.6) is 28.7 Å². The number of ether oxygens (including phenoxy) is 5. The third-order valence-corrected chi connectivity index (χ3v) is 13.4. The predicted molar refractivity (Wildman–Crippen MR) is 260 cm³/mol. The molecule has 15 heteroatoms. The number of oxime groups is 1. The molecule has 0 saturated heterocycles. The Balaban J connectivity index is 1.42. The van der Waals surface area contributed by atoms with Crippen molar-refractivity contribution in [3.8, 4) is 28.7 Å². The van der Waals surface area contributed by atoms with Gasteiger partial charge in [0.05, 0.1) is 49.4 Å². The molecule has 3 aliphatic rings. The Morgan fingerprint density at radius 1 is 0.942 bits per heavy atom. The summed E-state index contributed by atoms with van der Waals surface area (Å²) in [5.41, 5.74) is 4.10. The van der Waals surface area contributed by atoms with Crippen LogP contribution in [0.1, 0.15) is 91.3 Å². The molecule has 15 nitrogen and oxygen atoms in total. The Bertz CT molecular complexity index is 2490. The zero-order valence-electron chi connectivity index (χ0n) is 39.6. The lowest BCUT2D eigenvalue weighted by Gasteiger charge is -2.60. The summed E-state index contributed by atoms with van der Waals surface area (Å²) in [6, 6.07) is 23.6. The van der Waals surface area contributed by atoms with Crippen molar-refractivity contribution in [1.82, 2.24) is 4.90 Å². The van der Waals surface area contributed by atoms with Crippen molar-refractivity contribution in [2.75, 3.05) is 40.6 Å². The number of methoxy groups -OCH3 is 2. The summed E-state index contributed by atoms with van der Waals surface area (Å²) in [6.07, 6.45) is 9.78. The molecule has 1 aliphatic heterocycles. The molecule has 0 aromatic heterocycles. The Morgan fingerprint density at radius 2 is 1.70 bits per heavy atom. The van der Waals surface area contributed by atoms with E-state index in [1.807, 2.05) is 54.3 Å². The van der Waals surface area contributed by atoms with Gasteiger partial charge < -0.3 is 43.6 Å². The monoisotopic (exact) mass is 945 g/mol. The highest BCUT2D eigenvalue weighted by molar-refractivity contribution is 6.03. The van der Waals surface area contributed by atoms with Crippen molar-refractivity contribution < 1.29 is 53.2 Å². The summed E-state index contributed by atoms with van der Waals surface area (Å²) in [5.74, 6) is 0.00694. The Labute approximate surface area is 403 Å². The van der Waals surface area contributed by atoms with Crippen molar-refractivity contribution in [2.45, 2.75) is 89.1 Å². The highest BCUT2D eigenvalue weighted by atomic mass is 16.7. The minimum absolute atomic E-state index is 0.0197. The summed E-state index contributed by atoms with van der Waals surface area (Å²) < 4.78 is 31.9. The first-order valence-corrected chi connectivity index (χ1v) is 23.8. The van der Waals surface area contributed by atoms with Crippen LogP contribution in [0.4, 0.5) is 5.69 Å². The van der Waals surface area contributed by atoms with Gasteiger partial charge in [-0.1, -0.05) is 49.2 Å². The highest BCUT2D eigenvalue weighted by Gasteiger charge is 2.65. The average molecular weight is 946 g/mol. The number of nitro benzene ring substituents is 1. The number of nitro groups is 1. The van der Waals surface area contributed by atoms with Crippen molar-refractivity contribution >= 4 is 23.6 Å². The molecule has 0 radical (unpaired) electrons. The number of carbonyl (C=O) groups is 2. The molecular formula is C54H63N3O12. The lowest BCUT2D eigenvalue weighted by molar-refractivity contribution is -0.384. The van der Waals surface area contributed by atoms with E-state index in [-0.39, 0.29) is 68.6 Å². The van der Waals surface area contributed by atoms with E-state index < -0.39 is 22.7 Å². The van der Waals surface area contributed by atoms with Gasteiger partial charge in [0.2, 0.25) is 11.7 Å². The molecule has 0 spiro atoms. The number of unbranched alkanes of at least 4 members (excludes halogenated alkanes) is 2. The number of allylic oxidation sites excluding steroid dienone is 1. The molecule has 1 heterocycles. The van der Waals surface area contributed by atoms with Crippen LogP contribution in [-0.2, 0) is 27.4 Å². The normalized spacial score (nSPS) is 21.7. The van der Waals surface area contributed by atoms with Crippen LogP contribution in [0.2, 0.25) is 0 Å². The van der Waals surface area contributed by atoms with Gasteiger partial charge in [0.1, 0.15) is 41.4 Å². The van der Waals surface area contributed by atoms with E-state index in [4.69, 9.17) is 33.7 Å². The topological polar surface area (TPSA) is 189 Å². The maximum Gasteiger partial charge on any atom is 0.269 e. The van der Waals surface area contributed by atoms with Gasteiger partial charge in [0, 0.05) is 49.8 Å². The first-order chi connectivity index (χ1) is 33.6. The second kappa shape index (κ2) is 23.6. The number of amides is 1. The van der Waals surface area contributed by atoms with Crippen molar-refractivity contribution in [3.05, 3.63) is 142 Å². The standard InChI is InChI=1S/C54H63N3O12/c1-5-24-56(51(61)29-37-12-11-14-41(28-37)64-3)50-33-47(55-67-35-36-16-18-40(19-17-36)57(62)63)45-31-38(13-7-9-25-58)44(15-8-10-26-59)52-46-32-43(68-42-20-22-48(65-4)39(30-42)34-60)21-23-49(46)69-54(50,53(45)52)66-27-6-2/h6,11-12,14,16-23,28,30-32,34,38,44,50,52-53,58-59H,2,5,7-10,13,15,24-27,29,33,35H2,1,3-4H3. The smallest absolute Gasteiger partial charge is 0.269 e. The van der Waals surface area contributed by atoms with Crippen LogP contribution >= 0.6 is 0 Å². The first kappa shape index (κ1) is 50.3. The molecule has 7 rings (SSSR count). The summed E-state index contributed by atoms with van der Waals surface area (Å²) >= 11 is 0. The summed E-state index contributed by atoms with van der Waals surface area (Å²) in [4.78, 5) is 46.1. The molecule has 6 unspecified atom stereocenters. The van der Waals surface area contributed by atoms with E-state index in [0.717, 1.165) is 48.7 Å². The molecule has 4 aromatic carbocycles. The number of aldehydes is 1. The molecule has 1 amide bonds. The lowest BCUT2D eigenvalue weighted by Crippen LogP contribution is -2.70. The number of aliphatic hydroxyl groups excluding tert-OH is 2. The number of non-ortho nitro benzene ring substituents is 1. The number of aliphatic hydroxyl groups is 2. The van der Waals surface area contributed by atoms with E-state index in [9.17, 15) is 25.1 Å². The van der Waals surface area contributed by atoms with Gasteiger partial charge in [-0.25, -0.2) is 0 Å². The summed E-state index contributed by atoms with van der Waals surface area (Å²) in [7, 11) is 3.09. The van der Waals surface area contributed by atoms with Crippen LogP contribution in [0.25, 0.3) is 0 Å².